The summed E-state index contributed by atoms with van der Waals surface area (Å²) in [5, 5.41) is 0. The van der Waals surface area contributed by atoms with Gasteiger partial charge in [0.05, 0.1) is 0 Å². The maximum atomic E-state index is 13.6. The van der Waals surface area contributed by atoms with E-state index in [-0.39, 0.29) is 24.2 Å². The number of rotatable bonds is 7. The third-order valence-corrected chi connectivity index (χ3v) is 5.70. The van der Waals surface area contributed by atoms with Crippen LogP contribution in [0.25, 0.3) is 0 Å². The van der Waals surface area contributed by atoms with E-state index in [4.69, 9.17) is 0 Å². The maximum absolute atomic E-state index is 13.6. The predicted octanol–water partition coefficient (Wildman–Crippen LogP) is 3.39. The summed E-state index contributed by atoms with van der Waals surface area (Å²) in [6, 6.07) is 12.2. The van der Waals surface area contributed by atoms with Crippen LogP contribution in [0.15, 0.2) is 42.5 Å². The van der Waals surface area contributed by atoms with Gasteiger partial charge in [0.15, 0.2) is 0 Å². The van der Waals surface area contributed by atoms with Crippen LogP contribution in [0.3, 0.4) is 0 Å². The topological polar surface area (TPSA) is 43.9 Å². The lowest BCUT2D eigenvalue weighted by Gasteiger charge is -2.27. The van der Waals surface area contributed by atoms with Crippen molar-refractivity contribution in [1.29, 1.82) is 0 Å². The van der Waals surface area contributed by atoms with Gasteiger partial charge in [-0.2, -0.15) is 0 Å². The molecule has 2 aromatic carbocycles. The highest BCUT2D eigenvalue weighted by atomic mass is 19.1. The minimum Gasteiger partial charge on any atom is -0.336 e. The number of aryl methyl sites for hydroxylation is 2. The van der Waals surface area contributed by atoms with E-state index < -0.39 is 5.92 Å². The van der Waals surface area contributed by atoms with Crippen LogP contribution in [0.4, 0.5) is 10.1 Å². The summed E-state index contributed by atoms with van der Waals surface area (Å²) in [5.74, 6) is -1.36. The van der Waals surface area contributed by atoms with Crippen LogP contribution in [-0.4, -0.2) is 55.3 Å². The lowest BCUT2D eigenvalue weighted by Crippen LogP contribution is -2.42. The van der Waals surface area contributed by atoms with Crippen molar-refractivity contribution in [3.05, 3.63) is 65.0 Å². The molecule has 0 spiro atoms. The Morgan fingerprint density at radius 3 is 2.53 bits per heavy atom. The number of carbonyl (C=O) groups is 2. The number of likely N-dealkylation sites (N-methyl/N-ethyl adjacent to an activating group) is 1. The summed E-state index contributed by atoms with van der Waals surface area (Å²) in [6.07, 6.45) is 0.492. The molecule has 6 heteroatoms. The van der Waals surface area contributed by atoms with Gasteiger partial charge in [-0.3, -0.25) is 9.59 Å². The molecule has 1 fully saturated rings. The molecule has 1 saturated heterocycles. The predicted molar refractivity (Wildman–Crippen MR) is 117 cm³/mol. The molecule has 160 valence electrons. The molecule has 0 aliphatic carbocycles. The van der Waals surface area contributed by atoms with Crippen LogP contribution < -0.4 is 4.90 Å². The minimum atomic E-state index is -0.692. The molecule has 30 heavy (non-hydrogen) atoms. The average molecular weight is 412 g/mol. The third-order valence-electron chi connectivity index (χ3n) is 5.70. The van der Waals surface area contributed by atoms with Crippen LogP contribution in [0.5, 0.6) is 0 Å². The molecule has 2 aromatic rings. The van der Waals surface area contributed by atoms with E-state index in [1.54, 1.807) is 21.9 Å². The lowest BCUT2D eigenvalue weighted by molar-refractivity contribution is -0.140. The van der Waals surface area contributed by atoms with Gasteiger partial charge in [-0.05, 0) is 75.3 Å². The number of nitrogens with zero attached hydrogens (tertiary/aromatic N) is 3. The van der Waals surface area contributed by atoms with E-state index in [0.29, 0.717) is 26.1 Å². The van der Waals surface area contributed by atoms with Gasteiger partial charge in [-0.1, -0.05) is 18.2 Å². The van der Waals surface area contributed by atoms with E-state index in [1.807, 2.05) is 51.0 Å². The van der Waals surface area contributed by atoms with E-state index in [9.17, 15) is 14.0 Å². The number of hydrogen-bond donors (Lipinski definition) is 0. The van der Waals surface area contributed by atoms with Gasteiger partial charge in [0.25, 0.3) is 0 Å². The standard InChI is InChI=1S/C24H30FN3O2/c1-17-8-9-21(14-18(17)2)28-11-10-22(24(28)30)23(29)27(13-12-26(3)4)16-19-6-5-7-20(25)15-19/h5-9,14-15,22H,10-13,16H2,1-4H3. The maximum Gasteiger partial charge on any atom is 0.239 e. The van der Waals surface area contributed by atoms with Crippen molar-refractivity contribution in [3.8, 4) is 0 Å². The zero-order valence-electron chi connectivity index (χ0n) is 18.2. The van der Waals surface area contributed by atoms with Gasteiger partial charge in [0.1, 0.15) is 11.7 Å². The Hall–Kier alpha value is -2.73. The molecular formula is C24H30FN3O2. The highest BCUT2D eigenvalue weighted by Crippen LogP contribution is 2.28. The highest BCUT2D eigenvalue weighted by Gasteiger charge is 2.39. The first-order chi connectivity index (χ1) is 14.3. The molecule has 2 amide bonds. The molecule has 0 radical (unpaired) electrons. The van der Waals surface area contributed by atoms with Crippen LogP contribution in [0.2, 0.25) is 0 Å². The molecule has 0 aromatic heterocycles. The molecule has 1 atom stereocenters. The summed E-state index contributed by atoms with van der Waals surface area (Å²) in [4.78, 5) is 31.8. The summed E-state index contributed by atoms with van der Waals surface area (Å²) in [5.41, 5.74) is 3.85. The molecule has 1 heterocycles. The minimum absolute atomic E-state index is 0.155. The SMILES string of the molecule is Cc1ccc(N2CCC(C(=O)N(CCN(C)C)Cc3cccc(F)c3)C2=O)cc1C. The number of carbonyl (C=O) groups excluding carboxylic acids is 2. The van der Waals surface area contributed by atoms with Crippen molar-refractivity contribution in [3.63, 3.8) is 0 Å². The van der Waals surface area contributed by atoms with Crippen molar-refractivity contribution in [2.45, 2.75) is 26.8 Å². The van der Waals surface area contributed by atoms with Gasteiger partial charge in [0.2, 0.25) is 11.8 Å². The van der Waals surface area contributed by atoms with Crippen molar-refractivity contribution in [2.24, 2.45) is 5.92 Å². The Labute approximate surface area is 178 Å². The Morgan fingerprint density at radius 2 is 1.87 bits per heavy atom. The van der Waals surface area contributed by atoms with E-state index in [1.165, 1.54) is 17.7 Å². The molecule has 5 nitrogen and oxygen atoms in total. The van der Waals surface area contributed by atoms with Crippen LogP contribution >= 0.6 is 0 Å². The fraction of sp³-hybridized carbons (Fsp3) is 0.417. The quantitative estimate of drug-likeness (QED) is 0.656. The van der Waals surface area contributed by atoms with Crippen molar-refractivity contribution in [1.82, 2.24) is 9.80 Å². The summed E-state index contributed by atoms with van der Waals surface area (Å²) < 4.78 is 13.6. The van der Waals surface area contributed by atoms with E-state index >= 15 is 0 Å². The fourth-order valence-electron chi connectivity index (χ4n) is 3.72. The zero-order valence-corrected chi connectivity index (χ0v) is 18.2. The molecule has 3 rings (SSSR count). The molecule has 0 saturated carbocycles. The second-order valence-corrected chi connectivity index (χ2v) is 8.29. The Balaban J connectivity index is 1.77. The second-order valence-electron chi connectivity index (χ2n) is 8.29. The van der Waals surface area contributed by atoms with Crippen LogP contribution in [0, 0.1) is 25.6 Å². The summed E-state index contributed by atoms with van der Waals surface area (Å²) in [7, 11) is 3.88. The van der Waals surface area contributed by atoms with Crippen molar-refractivity contribution < 1.29 is 14.0 Å². The Bertz CT molecular complexity index is 928. The number of anilines is 1. The highest BCUT2D eigenvalue weighted by molar-refractivity contribution is 6.09. The zero-order chi connectivity index (χ0) is 21.8. The van der Waals surface area contributed by atoms with Gasteiger partial charge in [0, 0.05) is 31.9 Å². The number of halogens is 1. The largest absolute Gasteiger partial charge is 0.336 e. The molecular weight excluding hydrogens is 381 g/mol. The first-order valence-corrected chi connectivity index (χ1v) is 10.3. The average Bonchev–Trinajstić information content (AvgIpc) is 3.08. The molecule has 1 unspecified atom stereocenters. The molecule has 0 bridgehead atoms. The van der Waals surface area contributed by atoms with Gasteiger partial charge < -0.3 is 14.7 Å². The molecule has 0 N–H and O–H groups in total. The first kappa shape index (κ1) is 22.0. The fourth-order valence-corrected chi connectivity index (χ4v) is 3.72. The lowest BCUT2D eigenvalue weighted by atomic mass is 10.1. The normalized spacial score (nSPS) is 16.4. The first-order valence-electron chi connectivity index (χ1n) is 10.3. The van der Waals surface area contributed by atoms with Gasteiger partial charge in [-0.15, -0.1) is 0 Å². The Morgan fingerprint density at radius 1 is 1.10 bits per heavy atom. The van der Waals surface area contributed by atoms with E-state index in [2.05, 4.69) is 0 Å². The van der Waals surface area contributed by atoms with Gasteiger partial charge >= 0.3 is 0 Å². The Kier molecular flexibility index (Phi) is 6.87. The van der Waals surface area contributed by atoms with Crippen LogP contribution in [0.1, 0.15) is 23.1 Å². The van der Waals surface area contributed by atoms with Crippen LogP contribution in [-0.2, 0) is 16.1 Å². The number of amides is 2. The number of benzene rings is 2. The third kappa shape index (κ3) is 5.05. The number of hydrogen-bond acceptors (Lipinski definition) is 3. The van der Waals surface area contributed by atoms with Gasteiger partial charge in [-0.25, -0.2) is 4.39 Å². The van der Waals surface area contributed by atoms with E-state index in [0.717, 1.165) is 16.8 Å². The van der Waals surface area contributed by atoms with Crippen molar-refractivity contribution in [2.75, 3.05) is 38.6 Å². The summed E-state index contributed by atoms with van der Waals surface area (Å²) in [6.45, 7) is 6.02. The summed E-state index contributed by atoms with van der Waals surface area (Å²) >= 11 is 0. The van der Waals surface area contributed by atoms with Crippen molar-refractivity contribution >= 4 is 17.5 Å². The molecule has 1 aliphatic rings. The smallest absolute Gasteiger partial charge is 0.239 e. The second kappa shape index (κ2) is 9.39. The monoisotopic (exact) mass is 411 g/mol. The molecule has 1 aliphatic heterocycles.